The summed E-state index contributed by atoms with van der Waals surface area (Å²) >= 11 is 0. The van der Waals surface area contributed by atoms with Crippen molar-refractivity contribution in [3.8, 4) is 11.3 Å². The SMILES string of the molecule is Cc1nn(C)c(C)c1-c1cc(C(=O)N2CCN(C)CC2c2ccccc2)[nH]n1. The van der Waals surface area contributed by atoms with Crippen molar-refractivity contribution in [1.29, 1.82) is 0 Å². The van der Waals surface area contributed by atoms with Gasteiger partial charge in [-0.2, -0.15) is 10.2 Å². The van der Waals surface area contributed by atoms with Crippen molar-refractivity contribution >= 4 is 5.91 Å². The lowest BCUT2D eigenvalue weighted by Gasteiger charge is -2.40. The summed E-state index contributed by atoms with van der Waals surface area (Å²) in [7, 11) is 4.01. The van der Waals surface area contributed by atoms with Crippen LogP contribution in [0, 0.1) is 13.8 Å². The highest BCUT2D eigenvalue weighted by molar-refractivity contribution is 5.94. The first kappa shape index (κ1) is 18.4. The summed E-state index contributed by atoms with van der Waals surface area (Å²) in [5.74, 6) is -0.0140. The van der Waals surface area contributed by atoms with E-state index in [2.05, 4.69) is 39.4 Å². The molecule has 0 spiro atoms. The van der Waals surface area contributed by atoms with Crippen LogP contribution in [0.25, 0.3) is 11.3 Å². The number of hydrogen-bond acceptors (Lipinski definition) is 4. The van der Waals surface area contributed by atoms with Gasteiger partial charge < -0.3 is 9.80 Å². The third kappa shape index (κ3) is 3.22. The van der Waals surface area contributed by atoms with E-state index < -0.39 is 0 Å². The zero-order valence-corrected chi connectivity index (χ0v) is 16.8. The molecule has 1 saturated heterocycles. The highest BCUT2D eigenvalue weighted by Gasteiger charge is 2.32. The summed E-state index contributed by atoms with van der Waals surface area (Å²) in [6.45, 7) is 6.34. The van der Waals surface area contributed by atoms with E-state index in [4.69, 9.17) is 0 Å². The van der Waals surface area contributed by atoms with Crippen LogP contribution >= 0.6 is 0 Å². The number of hydrogen-bond donors (Lipinski definition) is 1. The van der Waals surface area contributed by atoms with E-state index >= 15 is 0 Å². The van der Waals surface area contributed by atoms with E-state index in [0.29, 0.717) is 12.2 Å². The molecule has 3 heterocycles. The van der Waals surface area contributed by atoms with Gasteiger partial charge in [-0.25, -0.2) is 0 Å². The largest absolute Gasteiger partial charge is 0.328 e. The molecule has 1 fully saturated rings. The minimum absolute atomic E-state index is 0.0140. The number of rotatable bonds is 3. The second-order valence-corrected chi connectivity index (χ2v) is 7.52. The summed E-state index contributed by atoms with van der Waals surface area (Å²) in [6, 6.07) is 12.1. The van der Waals surface area contributed by atoms with Gasteiger partial charge in [0, 0.05) is 37.9 Å². The highest BCUT2D eigenvalue weighted by Crippen LogP contribution is 2.29. The predicted molar refractivity (Wildman–Crippen MR) is 108 cm³/mol. The second kappa shape index (κ2) is 7.24. The molecule has 7 heteroatoms. The standard InChI is InChI=1S/C21H26N6O/c1-14-20(15(2)26(4)24-14)17-12-18(23-22-17)21(28)27-11-10-25(3)13-19(27)16-8-6-5-7-9-16/h5-9,12,19H,10-11,13H2,1-4H3,(H,22,23). The lowest BCUT2D eigenvalue weighted by molar-refractivity contribution is 0.0492. The average Bonchev–Trinajstić information content (AvgIpc) is 3.26. The Morgan fingerprint density at radius 1 is 1.14 bits per heavy atom. The van der Waals surface area contributed by atoms with Crippen molar-refractivity contribution in [2.24, 2.45) is 7.05 Å². The first-order chi connectivity index (χ1) is 13.5. The Labute approximate surface area is 165 Å². The minimum atomic E-state index is -0.0140. The van der Waals surface area contributed by atoms with Crippen LogP contribution in [0.3, 0.4) is 0 Å². The van der Waals surface area contributed by atoms with Gasteiger partial charge in [0.2, 0.25) is 0 Å². The third-order valence-electron chi connectivity index (χ3n) is 5.60. The molecule has 1 unspecified atom stereocenters. The number of piperazine rings is 1. The van der Waals surface area contributed by atoms with Gasteiger partial charge in [-0.3, -0.25) is 14.6 Å². The van der Waals surface area contributed by atoms with Crippen molar-refractivity contribution in [3.05, 3.63) is 59.0 Å². The molecule has 2 aromatic heterocycles. The van der Waals surface area contributed by atoms with Crippen LogP contribution in [0.1, 0.15) is 33.5 Å². The monoisotopic (exact) mass is 378 g/mol. The van der Waals surface area contributed by atoms with Crippen molar-refractivity contribution in [2.45, 2.75) is 19.9 Å². The number of likely N-dealkylation sites (N-methyl/N-ethyl adjacent to an activating group) is 1. The zero-order chi connectivity index (χ0) is 19.8. The molecule has 1 atom stereocenters. The number of aromatic nitrogens is 4. The maximum Gasteiger partial charge on any atom is 0.272 e. The number of carbonyl (C=O) groups excluding carboxylic acids is 1. The van der Waals surface area contributed by atoms with E-state index in [9.17, 15) is 4.79 Å². The maximum atomic E-state index is 13.3. The van der Waals surface area contributed by atoms with Crippen LogP contribution < -0.4 is 0 Å². The predicted octanol–water partition coefficient (Wildman–Crippen LogP) is 2.56. The fourth-order valence-electron chi connectivity index (χ4n) is 3.98. The first-order valence-electron chi connectivity index (χ1n) is 9.56. The van der Waals surface area contributed by atoms with Crippen LogP contribution in [-0.2, 0) is 7.05 Å². The van der Waals surface area contributed by atoms with Gasteiger partial charge >= 0.3 is 0 Å². The van der Waals surface area contributed by atoms with Crippen molar-refractivity contribution < 1.29 is 4.79 Å². The Morgan fingerprint density at radius 3 is 2.57 bits per heavy atom. The molecule has 1 aliphatic rings. The number of aryl methyl sites for hydroxylation is 2. The quantitative estimate of drug-likeness (QED) is 0.760. The Bertz CT molecular complexity index is 990. The smallest absolute Gasteiger partial charge is 0.272 e. The number of aromatic amines is 1. The van der Waals surface area contributed by atoms with E-state index in [-0.39, 0.29) is 11.9 Å². The number of H-pyrrole nitrogens is 1. The summed E-state index contributed by atoms with van der Waals surface area (Å²) in [4.78, 5) is 17.5. The number of amides is 1. The molecule has 3 aromatic rings. The Kier molecular flexibility index (Phi) is 4.77. The first-order valence-corrected chi connectivity index (χ1v) is 9.56. The van der Waals surface area contributed by atoms with E-state index in [1.807, 2.05) is 54.7 Å². The lowest BCUT2D eigenvalue weighted by Crippen LogP contribution is -2.49. The summed E-state index contributed by atoms with van der Waals surface area (Å²) < 4.78 is 1.84. The summed E-state index contributed by atoms with van der Waals surface area (Å²) in [5, 5.41) is 11.8. The molecule has 28 heavy (non-hydrogen) atoms. The summed E-state index contributed by atoms with van der Waals surface area (Å²) in [6.07, 6.45) is 0. The van der Waals surface area contributed by atoms with E-state index in [1.54, 1.807) is 0 Å². The molecule has 7 nitrogen and oxygen atoms in total. The average molecular weight is 378 g/mol. The van der Waals surface area contributed by atoms with Crippen molar-refractivity contribution in [1.82, 2.24) is 29.8 Å². The molecular weight excluding hydrogens is 352 g/mol. The van der Waals surface area contributed by atoms with Crippen LogP contribution in [0.2, 0.25) is 0 Å². The molecule has 0 radical (unpaired) electrons. The fourth-order valence-corrected chi connectivity index (χ4v) is 3.98. The van der Waals surface area contributed by atoms with E-state index in [0.717, 1.165) is 41.3 Å². The summed E-state index contributed by atoms with van der Waals surface area (Å²) in [5.41, 5.74) is 5.36. The number of benzene rings is 1. The van der Waals surface area contributed by atoms with Crippen LogP contribution in [0.15, 0.2) is 36.4 Å². The van der Waals surface area contributed by atoms with Gasteiger partial charge in [-0.1, -0.05) is 30.3 Å². The molecule has 0 saturated carbocycles. The second-order valence-electron chi connectivity index (χ2n) is 7.52. The molecule has 0 aliphatic carbocycles. The highest BCUT2D eigenvalue weighted by atomic mass is 16.2. The van der Waals surface area contributed by atoms with Gasteiger partial charge in [-0.05, 0) is 32.5 Å². The van der Waals surface area contributed by atoms with E-state index in [1.165, 1.54) is 0 Å². The fraction of sp³-hybridized carbons (Fsp3) is 0.381. The molecule has 1 aliphatic heterocycles. The third-order valence-corrected chi connectivity index (χ3v) is 5.60. The van der Waals surface area contributed by atoms with Crippen molar-refractivity contribution in [3.63, 3.8) is 0 Å². The topological polar surface area (TPSA) is 70.1 Å². The van der Waals surface area contributed by atoms with Crippen LogP contribution in [0.5, 0.6) is 0 Å². The molecule has 1 amide bonds. The molecule has 1 aromatic carbocycles. The van der Waals surface area contributed by atoms with Gasteiger partial charge in [0.1, 0.15) is 5.69 Å². The Balaban J connectivity index is 1.64. The zero-order valence-electron chi connectivity index (χ0n) is 16.8. The number of nitrogens with zero attached hydrogens (tertiary/aromatic N) is 5. The Morgan fingerprint density at radius 2 is 1.89 bits per heavy atom. The molecule has 0 bridgehead atoms. The number of nitrogens with one attached hydrogen (secondary N) is 1. The maximum absolute atomic E-state index is 13.3. The number of carbonyl (C=O) groups is 1. The molecular formula is C21H26N6O. The van der Waals surface area contributed by atoms with Gasteiger partial charge in [-0.15, -0.1) is 0 Å². The molecule has 146 valence electrons. The Hall–Kier alpha value is -2.93. The normalized spacial score (nSPS) is 17.9. The molecule has 4 rings (SSSR count). The van der Waals surface area contributed by atoms with Crippen molar-refractivity contribution in [2.75, 3.05) is 26.7 Å². The minimum Gasteiger partial charge on any atom is -0.328 e. The van der Waals surface area contributed by atoms with Gasteiger partial charge in [0.25, 0.3) is 5.91 Å². The van der Waals surface area contributed by atoms with Gasteiger partial charge in [0.05, 0.1) is 17.4 Å². The van der Waals surface area contributed by atoms with Crippen LogP contribution in [0.4, 0.5) is 0 Å². The molecule has 1 N–H and O–H groups in total. The van der Waals surface area contributed by atoms with Crippen LogP contribution in [-0.4, -0.2) is 62.4 Å². The van der Waals surface area contributed by atoms with Gasteiger partial charge in [0.15, 0.2) is 0 Å². The lowest BCUT2D eigenvalue weighted by atomic mass is 10.0.